The van der Waals surface area contributed by atoms with E-state index in [1.54, 1.807) is 6.92 Å². The molecule has 0 amide bonds. The number of nitrogens with one attached hydrogen (secondary N) is 1. The highest BCUT2D eigenvalue weighted by molar-refractivity contribution is 7.92. The Morgan fingerprint density at radius 1 is 1.17 bits per heavy atom. The van der Waals surface area contributed by atoms with Crippen LogP contribution in [0.15, 0.2) is 24.3 Å². The molecule has 0 saturated carbocycles. The van der Waals surface area contributed by atoms with Crippen molar-refractivity contribution >= 4 is 21.4 Å². The van der Waals surface area contributed by atoms with Gasteiger partial charge in [-0.05, 0) is 38.3 Å². The third kappa shape index (κ3) is 3.16. The molecule has 1 saturated heterocycles. The highest BCUT2D eigenvalue weighted by Gasteiger charge is 2.16. The zero-order chi connectivity index (χ0) is 13.0. The first-order chi connectivity index (χ1) is 8.62. The fraction of sp³-hybridized carbons (Fsp3) is 0.538. The molecule has 1 fully saturated rings. The van der Waals surface area contributed by atoms with Crippen LogP contribution in [-0.4, -0.2) is 27.3 Å². The predicted octanol–water partition coefficient (Wildman–Crippen LogP) is 2.44. The van der Waals surface area contributed by atoms with Crippen LogP contribution in [0, 0.1) is 0 Å². The number of para-hydroxylation sites is 2. The quantitative estimate of drug-likeness (QED) is 0.912. The van der Waals surface area contributed by atoms with E-state index in [-0.39, 0.29) is 5.75 Å². The van der Waals surface area contributed by atoms with E-state index < -0.39 is 10.0 Å². The summed E-state index contributed by atoms with van der Waals surface area (Å²) in [6.45, 7) is 3.65. The van der Waals surface area contributed by atoms with Gasteiger partial charge in [0, 0.05) is 13.1 Å². The number of hydrogen-bond acceptors (Lipinski definition) is 3. The summed E-state index contributed by atoms with van der Waals surface area (Å²) in [6, 6.07) is 7.63. The van der Waals surface area contributed by atoms with E-state index in [1.807, 2.05) is 24.3 Å². The zero-order valence-corrected chi connectivity index (χ0v) is 11.5. The number of rotatable bonds is 4. The van der Waals surface area contributed by atoms with Crippen LogP contribution in [0.5, 0.6) is 0 Å². The molecule has 5 heteroatoms. The minimum atomic E-state index is -3.21. The number of anilines is 2. The molecule has 18 heavy (non-hydrogen) atoms. The molecular formula is C13H20N2O2S. The number of nitrogens with zero attached hydrogens (tertiary/aromatic N) is 1. The van der Waals surface area contributed by atoms with E-state index in [0.717, 1.165) is 18.8 Å². The molecule has 0 aliphatic carbocycles. The van der Waals surface area contributed by atoms with Gasteiger partial charge < -0.3 is 4.90 Å². The highest BCUT2D eigenvalue weighted by Crippen LogP contribution is 2.28. The van der Waals surface area contributed by atoms with Crippen molar-refractivity contribution in [2.24, 2.45) is 0 Å². The van der Waals surface area contributed by atoms with Gasteiger partial charge in [0.15, 0.2) is 0 Å². The first-order valence-electron chi connectivity index (χ1n) is 6.47. The van der Waals surface area contributed by atoms with Crippen LogP contribution in [0.1, 0.15) is 26.2 Å². The van der Waals surface area contributed by atoms with Gasteiger partial charge >= 0.3 is 0 Å². The zero-order valence-electron chi connectivity index (χ0n) is 10.7. The van der Waals surface area contributed by atoms with E-state index >= 15 is 0 Å². The Morgan fingerprint density at radius 2 is 1.83 bits per heavy atom. The van der Waals surface area contributed by atoms with Gasteiger partial charge in [0.25, 0.3) is 0 Å². The van der Waals surface area contributed by atoms with Crippen molar-refractivity contribution in [3.8, 4) is 0 Å². The predicted molar refractivity (Wildman–Crippen MR) is 75.6 cm³/mol. The molecule has 0 atom stereocenters. The average Bonchev–Trinajstić information content (AvgIpc) is 2.40. The van der Waals surface area contributed by atoms with Crippen LogP contribution >= 0.6 is 0 Å². The second-order valence-corrected chi connectivity index (χ2v) is 6.58. The lowest BCUT2D eigenvalue weighted by Crippen LogP contribution is -2.30. The maximum Gasteiger partial charge on any atom is 0.232 e. The molecule has 100 valence electrons. The molecule has 1 aliphatic rings. The van der Waals surface area contributed by atoms with E-state index in [1.165, 1.54) is 19.3 Å². The number of sulfonamides is 1. The molecule has 0 aromatic heterocycles. The lowest BCUT2D eigenvalue weighted by atomic mass is 10.1. The van der Waals surface area contributed by atoms with Crippen molar-refractivity contribution in [3.63, 3.8) is 0 Å². The van der Waals surface area contributed by atoms with Crippen LogP contribution in [0.25, 0.3) is 0 Å². The minimum Gasteiger partial charge on any atom is -0.370 e. The van der Waals surface area contributed by atoms with Crippen LogP contribution in [0.3, 0.4) is 0 Å². The first-order valence-corrected chi connectivity index (χ1v) is 8.12. The molecule has 1 aromatic rings. The molecule has 1 heterocycles. The van der Waals surface area contributed by atoms with E-state index in [9.17, 15) is 8.42 Å². The summed E-state index contributed by atoms with van der Waals surface area (Å²) < 4.78 is 26.0. The summed E-state index contributed by atoms with van der Waals surface area (Å²) in [4.78, 5) is 2.26. The fourth-order valence-electron chi connectivity index (χ4n) is 2.21. The molecule has 2 rings (SSSR count). The van der Waals surface area contributed by atoms with Gasteiger partial charge in [0.2, 0.25) is 10.0 Å². The van der Waals surface area contributed by atoms with Crippen LogP contribution in [0.4, 0.5) is 11.4 Å². The maximum atomic E-state index is 11.7. The van der Waals surface area contributed by atoms with Crippen molar-refractivity contribution < 1.29 is 8.42 Å². The van der Waals surface area contributed by atoms with E-state index in [2.05, 4.69) is 9.62 Å². The summed E-state index contributed by atoms with van der Waals surface area (Å²) >= 11 is 0. The van der Waals surface area contributed by atoms with Gasteiger partial charge in [-0.3, -0.25) is 4.72 Å². The van der Waals surface area contributed by atoms with Gasteiger partial charge in [0.05, 0.1) is 17.1 Å². The van der Waals surface area contributed by atoms with Gasteiger partial charge in [-0.25, -0.2) is 8.42 Å². The monoisotopic (exact) mass is 268 g/mol. The van der Waals surface area contributed by atoms with Crippen molar-refractivity contribution in [1.82, 2.24) is 0 Å². The topological polar surface area (TPSA) is 49.4 Å². The van der Waals surface area contributed by atoms with Crippen molar-refractivity contribution in [2.75, 3.05) is 28.5 Å². The molecule has 0 unspecified atom stereocenters. The summed E-state index contributed by atoms with van der Waals surface area (Å²) in [5, 5.41) is 0. The Morgan fingerprint density at radius 3 is 2.50 bits per heavy atom. The standard InChI is InChI=1S/C13H20N2O2S/c1-2-18(16,17)14-12-8-4-5-9-13(12)15-10-6-3-7-11-15/h4-5,8-9,14H,2-3,6-7,10-11H2,1H3. The van der Waals surface area contributed by atoms with Crippen LogP contribution in [0.2, 0.25) is 0 Å². The van der Waals surface area contributed by atoms with Gasteiger partial charge in [-0.1, -0.05) is 12.1 Å². The van der Waals surface area contributed by atoms with Crippen LogP contribution < -0.4 is 9.62 Å². The molecular weight excluding hydrogens is 248 g/mol. The summed E-state index contributed by atoms with van der Waals surface area (Å²) in [7, 11) is -3.21. The molecule has 1 aliphatic heterocycles. The third-order valence-electron chi connectivity index (χ3n) is 3.25. The number of benzene rings is 1. The summed E-state index contributed by atoms with van der Waals surface area (Å²) in [5.41, 5.74) is 1.69. The van der Waals surface area contributed by atoms with Gasteiger partial charge in [-0.15, -0.1) is 0 Å². The van der Waals surface area contributed by atoms with Crippen molar-refractivity contribution in [3.05, 3.63) is 24.3 Å². The van der Waals surface area contributed by atoms with Crippen molar-refractivity contribution in [1.29, 1.82) is 0 Å². The fourth-order valence-corrected chi connectivity index (χ4v) is 2.86. The molecule has 0 spiro atoms. The molecule has 0 bridgehead atoms. The molecule has 0 radical (unpaired) electrons. The largest absolute Gasteiger partial charge is 0.370 e. The first kappa shape index (κ1) is 13.2. The van der Waals surface area contributed by atoms with Crippen LogP contribution in [-0.2, 0) is 10.0 Å². The van der Waals surface area contributed by atoms with E-state index in [4.69, 9.17) is 0 Å². The van der Waals surface area contributed by atoms with Gasteiger partial charge in [-0.2, -0.15) is 0 Å². The second-order valence-electron chi connectivity index (χ2n) is 4.57. The Kier molecular flexibility index (Phi) is 4.11. The molecule has 1 N–H and O–H groups in total. The third-order valence-corrected chi connectivity index (χ3v) is 4.54. The number of piperidine rings is 1. The molecule has 4 nitrogen and oxygen atoms in total. The minimum absolute atomic E-state index is 0.0985. The normalized spacial score (nSPS) is 16.6. The molecule has 1 aromatic carbocycles. The summed E-state index contributed by atoms with van der Waals surface area (Å²) in [5.74, 6) is 0.0985. The van der Waals surface area contributed by atoms with E-state index in [0.29, 0.717) is 5.69 Å². The maximum absolute atomic E-state index is 11.7. The Balaban J connectivity index is 2.25. The summed E-state index contributed by atoms with van der Waals surface area (Å²) in [6.07, 6.45) is 3.61. The lowest BCUT2D eigenvalue weighted by molar-refractivity contribution is 0.578. The Labute approximate surface area is 109 Å². The SMILES string of the molecule is CCS(=O)(=O)Nc1ccccc1N1CCCCC1. The second kappa shape index (κ2) is 5.61. The average molecular weight is 268 g/mol. The Hall–Kier alpha value is -1.23. The number of hydrogen-bond donors (Lipinski definition) is 1. The van der Waals surface area contributed by atoms with Gasteiger partial charge in [0.1, 0.15) is 0 Å². The smallest absolute Gasteiger partial charge is 0.232 e. The highest BCUT2D eigenvalue weighted by atomic mass is 32.2. The Bertz CT molecular complexity index is 493. The van der Waals surface area contributed by atoms with Crippen molar-refractivity contribution in [2.45, 2.75) is 26.2 Å². The lowest BCUT2D eigenvalue weighted by Gasteiger charge is -2.30.